The molecule has 3 fully saturated rings. The fraction of sp³-hybridized carbons (Fsp3) is 0.600. The summed E-state index contributed by atoms with van der Waals surface area (Å²) in [5, 5.41) is 6.47. The number of nitrogens with zero attached hydrogens (tertiary/aromatic N) is 2. The summed E-state index contributed by atoms with van der Waals surface area (Å²) in [5.74, 6) is -0.429. The maximum atomic E-state index is 13.8. The fourth-order valence-corrected chi connectivity index (χ4v) is 6.87. The molecule has 3 atom stereocenters. The van der Waals surface area contributed by atoms with Crippen LogP contribution >= 0.6 is 0 Å². The molecule has 1 aromatic carbocycles. The van der Waals surface area contributed by atoms with Gasteiger partial charge >= 0.3 is 6.18 Å². The van der Waals surface area contributed by atoms with Crippen LogP contribution in [-0.4, -0.2) is 54.8 Å². The Bertz CT molecular complexity index is 1300. The number of piperidine rings is 1. The average Bonchev–Trinajstić information content (AvgIpc) is 2.91. The number of rotatable bonds is 6. The number of pyridine rings is 1. The third-order valence-corrected chi connectivity index (χ3v) is 9.20. The molecule has 1 unspecified atom stereocenters. The van der Waals surface area contributed by atoms with Gasteiger partial charge in [-0.05, 0) is 83.2 Å². The molecule has 2 N–H and O–H groups in total. The number of hydrogen-bond acceptors (Lipinski definition) is 5. The zero-order chi connectivity index (χ0) is 28.7. The molecule has 7 nitrogen and oxygen atoms in total. The van der Waals surface area contributed by atoms with Gasteiger partial charge in [0.25, 0.3) is 11.5 Å². The van der Waals surface area contributed by atoms with E-state index >= 15 is 0 Å². The lowest BCUT2D eigenvalue weighted by Crippen LogP contribution is -2.57. The highest BCUT2D eigenvalue weighted by Gasteiger charge is 2.48. The summed E-state index contributed by atoms with van der Waals surface area (Å²) >= 11 is 0. The quantitative estimate of drug-likeness (QED) is 0.501. The molecule has 40 heavy (non-hydrogen) atoms. The van der Waals surface area contributed by atoms with E-state index in [0.717, 1.165) is 44.8 Å². The zero-order valence-electron chi connectivity index (χ0n) is 23.4. The lowest BCUT2D eigenvalue weighted by molar-refractivity contribution is -0.138. The number of ether oxygens (including phenoxy) is 1. The Kier molecular flexibility index (Phi) is 8.03. The Morgan fingerprint density at radius 3 is 2.58 bits per heavy atom. The molecule has 1 saturated carbocycles. The Morgan fingerprint density at radius 1 is 1.18 bits per heavy atom. The number of benzene rings is 1. The van der Waals surface area contributed by atoms with E-state index < -0.39 is 23.7 Å². The molecule has 218 valence electrons. The molecular formula is C30H39F3N4O3. The molecule has 1 aromatic heterocycles. The first-order valence-electron chi connectivity index (χ1n) is 14.2. The molecule has 5 rings (SSSR count). The van der Waals surface area contributed by atoms with Crippen molar-refractivity contribution in [3.05, 3.63) is 63.1 Å². The minimum atomic E-state index is -4.48. The number of amides is 1. The first-order valence-corrected chi connectivity index (χ1v) is 14.2. The predicted molar refractivity (Wildman–Crippen MR) is 148 cm³/mol. The van der Waals surface area contributed by atoms with Gasteiger partial charge in [-0.25, -0.2) is 0 Å². The van der Waals surface area contributed by atoms with E-state index in [1.165, 1.54) is 19.1 Å². The van der Waals surface area contributed by atoms with Crippen molar-refractivity contribution >= 4 is 11.6 Å². The van der Waals surface area contributed by atoms with Crippen LogP contribution in [0.5, 0.6) is 0 Å². The Labute approximate surface area is 233 Å². The van der Waals surface area contributed by atoms with Crippen LogP contribution < -0.4 is 16.2 Å². The normalized spacial score (nSPS) is 24.9. The van der Waals surface area contributed by atoms with Gasteiger partial charge in [0.2, 0.25) is 0 Å². The maximum absolute atomic E-state index is 13.8. The van der Waals surface area contributed by atoms with E-state index in [0.29, 0.717) is 42.9 Å². The van der Waals surface area contributed by atoms with Gasteiger partial charge in [-0.1, -0.05) is 12.1 Å². The first kappa shape index (κ1) is 28.7. The van der Waals surface area contributed by atoms with Crippen molar-refractivity contribution < 1.29 is 22.7 Å². The third-order valence-electron chi connectivity index (χ3n) is 9.20. The lowest BCUT2D eigenvalue weighted by Gasteiger charge is -2.54. The monoisotopic (exact) mass is 560 g/mol. The number of carbonyl (C=O) groups is 1. The molecule has 10 heteroatoms. The van der Waals surface area contributed by atoms with Gasteiger partial charge in [-0.3, -0.25) is 9.59 Å². The molecule has 1 amide bonds. The van der Waals surface area contributed by atoms with Gasteiger partial charge in [0.15, 0.2) is 0 Å². The molecule has 1 spiro atoms. The van der Waals surface area contributed by atoms with Crippen LogP contribution in [0, 0.1) is 12.3 Å². The Hall–Kier alpha value is -2.85. The molecular weight excluding hydrogens is 521 g/mol. The van der Waals surface area contributed by atoms with Crippen LogP contribution in [0.2, 0.25) is 0 Å². The van der Waals surface area contributed by atoms with Crippen LogP contribution in [0.25, 0.3) is 0 Å². The van der Waals surface area contributed by atoms with Crippen LogP contribution in [0.4, 0.5) is 18.9 Å². The summed E-state index contributed by atoms with van der Waals surface area (Å²) in [6.45, 7) is 6.23. The van der Waals surface area contributed by atoms with Crippen molar-refractivity contribution in [1.82, 2.24) is 14.8 Å². The van der Waals surface area contributed by atoms with Gasteiger partial charge in [0.1, 0.15) is 0 Å². The number of hydrogen-bond donors (Lipinski definition) is 2. The topological polar surface area (TPSA) is 75.6 Å². The molecule has 2 aromatic rings. The van der Waals surface area contributed by atoms with Crippen molar-refractivity contribution in [2.45, 2.75) is 76.7 Å². The molecule has 3 heterocycles. The number of nitrogens with one attached hydrogen (secondary N) is 2. The second-order valence-corrected chi connectivity index (χ2v) is 11.8. The Balaban J connectivity index is 1.45. The van der Waals surface area contributed by atoms with Gasteiger partial charge in [0, 0.05) is 49.5 Å². The van der Waals surface area contributed by atoms with Crippen molar-refractivity contribution in [3.63, 3.8) is 0 Å². The van der Waals surface area contributed by atoms with Crippen LogP contribution in [0.15, 0.2) is 35.3 Å². The molecule has 1 aliphatic carbocycles. The largest absolute Gasteiger partial charge is 0.416 e. The predicted octanol–water partition coefficient (Wildman–Crippen LogP) is 5.30. The van der Waals surface area contributed by atoms with Crippen molar-refractivity contribution in [3.8, 4) is 0 Å². The molecule has 0 bridgehead atoms. The van der Waals surface area contributed by atoms with Crippen LogP contribution in [0.1, 0.15) is 84.6 Å². The maximum Gasteiger partial charge on any atom is 0.416 e. The highest BCUT2D eigenvalue weighted by Crippen LogP contribution is 2.49. The van der Waals surface area contributed by atoms with Gasteiger partial charge < -0.3 is 24.8 Å². The summed E-state index contributed by atoms with van der Waals surface area (Å²) in [7, 11) is 2.13. The summed E-state index contributed by atoms with van der Waals surface area (Å²) in [5.41, 5.74) is 0.518. The smallest absolute Gasteiger partial charge is 0.381 e. The minimum Gasteiger partial charge on any atom is -0.381 e. The molecule has 2 aliphatic heterocycles. The summed E-state index contributed by atoms with van der Waals surface area (Å²) in [4.78, 5) is 29.4. The van der Waals surface area contributed by atoms with E-state index in [9.17, 15) is 22.8 Å². The number of carbonyl (C=O) groups excluding carboxylic acids is 1. The number of anilines is 1. The average molecular weight is 561 g/mol. The van der Waals surface area contributed by atoms with Crippen LogP contribution in [-0.2, 0) is 10.9 Å². The third kappa shape index (κ3) is 5.65. The fourth-order valence-electron chi connectivity index (χ4n) is 6.87. The van der Waals surface area contributed by atoms with Crippen molar-refractivity contribution in [2.24, 2.45) is 5.41 Å². The van der Waals surface area contributed by atoms with E-state index in [4.69, 9.17) is 4.74 Å². The minimum absolute atomic E-state index is 0.0768. The molecule has 3 aliphatic rings. The van der Waals surface area contributed by atoms with E-state index in [1.807, 2.05) is 0 Å². The second-order valence-electron chi connectivity index (χ2n) is 11.8. The van der Waals surface area contributed by atoms with E-state index in [2.05, 4.69) is 22.6 Å². The second kappa shape index (κ2) is 11.2. The van der Waals surface area contributed by atoms with E-state index in [1.54, 1.807) is 23.8 Å². The van der Waals surface area contributed by atoms with Gasteiger partial charge in [-0.15, -0.1) is 0 Å². The summed E-state index contributed by atoms with van der Waals surface area (Å²) in [6, 6.07) is 4.93. The highest BCUT2D eigenvalue weighted by molar-refractivity contribution is 5.99. The SMILES string of the molecule is Cc1c(C(C)NC(=O)c2cn(C3CCOCC3)c(=O)cc2N[C@H]2CC[C@@]23CCCN(C)C3)cccc1C(F)(F)F. The number of halogens is 3. The first-order chi connectivity index (χ1) is 19.0. The van der Waals surface area contributed by atoms with E-state index in [-0.39, 0.29) is 28.6 Å². The Morgan fingerprint density at radius 2 is 1.93 bits per heavy atom. The lowest BCUT2D eigenvalue weighted by atomic mass is 9.60. The summed E-state index contributed by atoms with van der Waals surface area (Å²) < 4.78 is 47.7. The van der Waals surface area contributed by atoms with Crippen molar-refractivity contribution in [1.29, 1.82) is 0 Å². The summed E-state index contributed by atoms with van der Waals surface area (Å²) in [6.07, 6.45) is 2.76. The van der Waals surface area contributed by atoms with Crippen molar-refractivity contribution in [2.75, 3.05) is 38.7 Å². The number of likely N-dealkylation sites (tertiary alicyclic amines) is 1. The highest BCUT2D eigenvalue weighted by atomic mass is 19.4. The zero-order valence-corrected chi connectivity index (χ0v) is 23.4. The van der Waals surface area contributed by atoms with Gasteiger partial charge in [0.05, 0.1) is 22.9 Å². The molecule has 2 saturated heterocycles. The van der Waals surface area contributed by atoms with Gasteiger partial charge in [-0.2, -0.15) is 13.2 Å². The molecule has 0 radical (unpaired) electrons. The number of alkyl halides is 3. The standard InChI is InChI=1S/C30H39F3N4O3/c1-19-22(6-4-7-24(19)30(31,32)33)20(2)34-28(39)23-17-37(21-9-14-40-15-10-21)27(38)16-25(23)35-26-8-12-29(26)11-5-13-36(3)18-29/h4,6-7,16-17,20-21,26,35H,5,8-15,18H2,1-3H3,(H,34,39)/t20?,26-,29+/m0/s1. The van der Waals surface area contributed by atoms with Crippen LogP contribution in [0.3, 0.4) is 0 Å². The number of aromatic nitrogens is 1.